The predicted molar refractivity (Wildman–Crippen MR) is 67.3 cm³/mol. The molecule has 0 unspecified atom stereocenters. The highest BCUT2D eigenvalue weighted by Crippen LogP contribution is 2.37. The van der Waals surface area contributed by atoms with Gasteiger partial charge >= 0.3 is 0 Å². The Morgan fingerprint density at radius 3 is 2.28 bits per heavy atom. The lowest BCUT2D eigenvalue weighted by molar-refractivity contribution is -0.0470. The number of alkyl halides is 2. The van der Waals surface area contributed by atoms with E-state index >= 15 is 0 Å². The lowest BCUT2D eigenvalue weighted by Gasteiger charge is -2.33. The second-order valence-corrected chi connectivity index (χ2v) is 7.80. The molecule has 6 heteroatoms. The summed E-state index contributed by atoms with van der Waals surface area (Å²) in [7, 11) is 0. The highest BCUT2D eigenvalue weighted by atomic mass is 32.2. The van der Waals surface area contributed by atoms with Crippen molar-refractivity contribution in [2.45, 2.75) is 63.2 Å². The number of hydrogen-bond donors (Lipinski definition) is 1. The number of rotatable bonds is 3. The Bertz CT molecular complexity index is 315. The topological polar surface area (TPSA) is 58.9 Å². The van der Waals surface area contributed by atoms with Gasteiger partial charge in [0.25, 0.3) is 0 Å². The first-order chi connectivity index (χ1) is 8.15. The van der Waals surface area contributed by atoms with Crippen molar-refractivity contribution in [2.24, 2.45) is 5.92 Å². The van der Waals surface area contributed by atoms with Crippen molar-refractivity contribution in [2.75, 3.05) is 0 Å². The molecule has 1 fully saturated rings. The molecule has 1 rings (SSSR count). The average Bonchev–Trinajstić information content (AvgIpc) is 2.24. The fourth-order valence-corrected chi connectivity index (χ4v) is 2.75. The van der Waals surface area contributed by atoms with Crippen molar-refractivity contribution in [3.63, 3.8) is 0 Å². The van der Waals surface area contributed by atoms with Gasteiger partial charge in [-0.2, -0.15) is 5.26 Å². The van der Waals surface area contributed by atoms with Crippen LogP contribution in [0.1, 0.15) is 46.5 Å². The van der Waals surface area contributed by atoms with Crippen molar-refractivity contribution in [3.8, 4) is 6.07 Å². The van der Waals surface area contributed by atoms with Crippen molar-refractivity contribution in [1.29, 1.82) is 5.26 Å². The second-order valence-electron chi connectivity index (χ2n) is 5.80. The van der Waals surface area contributed by atoms with Crippen LogP contribution in [0.15, 0.2) is 0 Å². The van der Waals surface area contributed by atoms with Crippen molar-refractivity contribution < 1.29 is 13.3 Å². The number of hydrogen-bond acceptors (Lipinski definition) is 3. The molecule has 0 aromatic rings. The van der Waals surface area contributed by atoms with Gasteiger partial charge in [-0.1, -0.05) is 0 Å². The van der Waals surface area contributed by atoms with Gasteiger partial charge in [0.15, 0.2) is 0 Å². The van der Waals surface area contributed by atoms with Gasteiger partial charge in [0.05, 0.1) is 6.07 Å². The first-order valence-corrected chi connectivity index (χ1v) is 7.26. The Hall–Kier alpha value is -0.380. The molecule has 104 valence electrons. The standard InChI is InChI=1S/C12H20F2N2OS/c1-11(2,3)18(17)16-10(8-15)9-4-6-12(13,14)7-5-9/h9-10,16H,4-7H2,1-3H3/t10-,18+/m1/s1. The first kappa shape index (κ1) is 15.7. The van der Waals surface area contributed by atoms with Gasteiger partial charge in [0, 0.05) is 24.2 Å². The van der Waals surface area contributed by atoms with Gasteiger partial charge < -0.3 is 4.55 Å². The van der Waals surface area contributed by atoms with Crippen LogP contribution in [0, 0.1) is 17.2 Å². The third kappa shape index (κ3) is 4.38. The van der Waals surface area contributed by atoms with Crippen LogP contribution >= 0.6 is 0 Å². The normalized spacial score (nSPS) is 24.3. The summed E-state index contributed by atoms with van der Waals surface area (Å²) in [4.78, 5) is 0. The number of halogens is 2. The summed E-state index contributed by atoms with van der Waals surface area (Å²) in [6, 6.07) is 1.44. The van der Waals surface area contributed by atoms with Gasteiger partial charge in [-0.05, 0) is 39.5 Å². The lowest BCUT2D eigenvalue weighted by atomic mass is 9.83. The Labute approximate surface area is 110 Å². The Morgan fingerprint density at radius 1 is 1.39 bits per heavy atom. The minimum atomic E-state index is -2.60. The summed E-state index contributed by atoms with van der Waals surface area (Å²) in [6.07, 6.45) is 0.249. The smallest absolute Gasteiger partial charge is 0.248 e. The zero-order valence-corrected chi connectivity index (χ0v) is 11.8. The summed E-state index contributed by atoms with van der Waals surface area (Å²) >= 11 is -1.35. The van der Waals surface area contributed by atoms with E-state index in [-0.39, 0.29) is 18.8 Å². The number of nitrogens with one attached hydrogen (secondary N) is 1. The molecule has 0 aromatic heterocycles. The van der Waals surface area contributed by atoms with Crippen molar-refractivity contribution >= 4 is 11.4 Å². The quantitative estimate of drug-likeness (QED) is 0.808. The molecular weight excluding hydrogens is 258 g/mol. The van der Waals surface area contributed by atoms with E-state index in [0.29, 0.717) is 12.8 Å². The van der Waals surface area contributed by atoms with Crippen LogP contribution in [0.2, 0.25) is 0 Å². The van der Waals surface area contributed by atoms with E-state index in [1.807, 2.05) is 0 Å². The number of nitriles is 1. The predicted octanol–water partition coefficient (Wildman–Crippen LogP) is 2.76. The minimum absolute atomic E-state index is 0.138. The molecule has 1 saturated carbocycles. The third-order valence-corrected chi connectivity index (χ3v) is 4.74. The fraction of sp³-hybridized carbons (Fsp3) is 0.917. The first-order valence-electron chi connectivity index (χ1n) is 6.11. The molecule has 0 heterocycles. The molecule has 3 nitrogen and oxygen atoms in total. The number of nitrogens with zero attached hydrogens (tertiary/aromatic N) is 1. The van der Waals surface area contributed by atoms with E-state index in [1.54, 1.807) is 20.8 Å². The molecule has 2 atom stereocenters. The molecule has 18 heavy (non-hydrogen) atoms. The zero-order chi connectivity index (χ0) is 14.0. The van der Waals surface area contributed by atoms with Crippen LogP contribution < -0.4 is 4.72 Å². The van der Waals surface area contributed by atoms with E-state index < -0.39 is 28.1 Å². The van der Waals surface area contributed by atoms with E-state index in [4.69, 9.17) is 5.26 Å². The molecule has 0 amide bonds. The van der Waals surface area contributed by atoms with E-state index in [2.05, 4.69) is 10.8 Å². The van der Waals surface area contributed by atoms with Crippen LogP contribution in [-0.2, 0) is 11.4 Å². The van der Waals surface area contributed by atoms with Crippen molar-refractivity contribution in [1.82, 2.24) is 4.72 Å². The van der Waals surface area contributed by atoms with Crippen molar-refractivity contribution in [3.05, 3.63) is 0 Å². The Morgan fingerprint density at radius 2 is 1.89 bits per heavy atom. The van der Waals surface area contributed by atoms with Gasteiger partial charge in [0.2, 0.25) is 5.92 Å². The van der Waals surface area contributed by atoms with Crippen LogP contribution in [0.3, 0.4) is 0 Å². The summed E-state index contributed by atoms with van der Waals surface area (Å²) in [5.41, 5.74) is 0. The summed E-state index contributed by atoms with van der Waals surface area (Å²) in [6.45, 7) is 5.42. The van der Waals surface area contributed by atoms with E-state index in [1.165, 1.54) is 0 Å². The molecular formula is C12H20F2N2OS. The molecule has 1 N–H and O–H groups in total. The maximum atomic E-state index is 13.0. The van der Waals surface area contributed by atoms with E-state index in [0.717, 1.165) is 0 Å². The molecule has 0 aliphatic heterocycles. The Balaban J connectivity index is 2.56. The second kappa shape index (κ2) is 5.72. The molecule has 1 aliphatic carbocycles. The Kier molecular flexibility index (Phi) is 4.98. The molecule has 0 radical (unpaired) electrons. The largest absolute Gasteiger partial charge is 0.598 e. The summed E-state index contributed by atoms with van der Waals surface area (Å²) in [5.74, 6) is -2.74. The summed E-state index contributed by atoms with van der Waals surface area (Å²) in [5, 5.41) is 9.09. The van der Waals surface area contributed by atoms with Gasteiger partial charge in [-0.15, -0.1) is 4.72 Å². The maximum absolute atomic E-state index is 13.0. The monoisotopic (exact) mass is 278 g/mol. The van der Waals surface area contributed by atoms with Crippen LogP contribution in [0.25, 0.3) is 0 Å². The third-order valence-electron chi connectivity index (χ3n) is 3.16. The maximum Gasteiger partial charge on any atom is 0.248 e. The minimum Gasteiger partial charge on any atom is -0.598 e. The van der Waals surface area contributed by atoms with Gasteiger partial charge in [-0.25, -0.2) is 8.78 Å². The van der Waals surface area contributed by atoms with Crippen LogP contribution in [-0.4, -0.2) is 21.3 Å². The van der Waals surface area contributed by atoms with Gasteiger partial charge in [0.1, 0.15) is 10.8 Å². The van der Waals surface area contributed by atoms with Gasteiger partial charge in [-0.3, -0.25) is 0 Å². The lowest BCUT2D eigenvalue weighted by Crippen LogP contribution is -2.48. The molecule has 0 aromatic carbocycles. The highest BCUT2D eigenvalue weighted by Gasteiger charge is 2.40. The average molecular weight is 278 g/mol. The van der Waals surface area contributed by atoms with E-state index in [9.17, 15) is 13.3 Å². The van der Waals surface area contributed by atoms with Crippen LogP contribution in [0.5, 0.6) is 0 Å². The summed E-state index contributed by atoms with van der Waals surface area (Å²) < 4.78 is 40.3. The molecule has 0 spiro atoms. The highest BCUT2D eigenvalue weighted by molar-refractivity contribution is 7.90. The molecule has 0 bridgehead atoms. The molecule has 0 saturated heterocycles. The SMILES string of the molecule is CC(C)(C)[S@+]([O-])N[C@H](C#N)C1CCC(F)(F)CC1. The molecule has 1 aliphatic rings. The van der Waals surface area contributed by atoms with Crippen LogP contribution in [0.4, 0.5) is 8.78 Å². The fourth-order valence-electron chi connectivity index (χ4n) is 1.92. The zero-order valence-electron chi connectivity index (χ0n) is 11.0.